The molecule has 0 spiro atoms. The van der Waals surface area contributed by atoms with Gasteiger partial charge < -0.3 is 11.1 Å². The average Bonchev–Trinajstić information content (AvgIpc) is 2.24. The van der Waals surface area contributed by atoms with Crippen LogP contribution in [0.3, 0.4) is 0 Å². The molecule has 1 aromatic rings. The van der Waals surface area contributed by atoms with Gasteiger partial charge in [-0.2, -0.15) is 0 Å². The predicted molar refractivity (Wildman–Crippen MR) is 64.2 cm³/mol. The molecule has 88 valence electrons. The van der Waals surface area contributed by atoms with Crippen molar-refractivity contribution < 1.29 is 8.42 Å². The van der Waals surface area contributed by atoms with Crippen LogP contribution in [-0.4, -0.2) is 26.3 Å². The fourth-order valence-corrected chi connectivity index (χ4v) is 4.25. The van der Waals surface area contributed by atoms with Crippen LogP contribution in [0.1, 0.15) is 13.3 Å². The van der Waals surface area contributed by atoms with E-state index in [0.29, 0.717) is 23.5 Å². The maximum Gasteiger partial charge on any atom is 0.185 e. The molecule has 0 aromatic heterocycles. The first-order valence-corrected chi connectivity index (χ1v) is 6.91. The van der Waals surface area contributed by atoms with Crippen LogP contribution < -0.4 is 11.1 Å². The van der Waals surface area contributed by atoms with E-state index in [4.69, 9.17) is 5.73 Å². The van der Waals surface area contributed by atoms with Crippen molar-refractivity contribution in [3.05, 3.63) is 24.3 Å². The lowest BCUT2D eigenvalue weighted by atomic mass is 10.1. The number of para-hydroxylation sites is 1. The molecule has 16 heavy (non-hydrogen) atoms. The average molecular weight is 240 g/mol. The molecule has 2 rings (SSSR count). The van der Waals surface area contributed by atoms with Crippen molar-refractivity contribution in [3.8, 4) is 0 Å². The second kappa shape index (κ2) is 4.07. The van der Waals surface area contributed by atoms with Gasteiger partial charge in [0.2, 0.25) is 0 Å². The summed E-state index contributed by atoms with van der Waals surface area (Å²) in [5, 5.41) is 2.79. The highest BCUT2D eigenvalue weighted by Gasteiger charge is 2.37. The zero-order chi connectivity index (χ0) is 11.8. The van der Waals surface area contributed by atoms with Crippen LogP contribution in [0.5, 0.6) is 0 Å². The van der Waals surface area contributed by atoms with E-state index >= 15 is 0 Å². The quantitative estimate of drug-likeness (QED) is 0.808. The number of nitrogens with one attached hydrogen (secondary N) is 1. The Hall–Kier alpha value is -1.07. The number of anilines is 1. The van der Waals surface area contributed by atoms with Gasteiger partial charge in [-0.05, 0) is 32.0 Å². The molecule has 0 radical (unpaired) electrons. The van der Waals surface area contributed by atoms with Gasteiger partial charge in [0, 0.05) is 6.04 Å². The van der Waals surface area contributed by atoms with Crippen LogP contribution >= 0.6 is 0 Å². The van der Waals surface area contributed by atoms with Crippen LogP contribution in [0.25, 0.3) is 0 Å². The normalized spacial score (nSPS) is 26.9. The van der Waals surface area contributed by atoms with Gasteiger partial charge in [-0.3, -0.25) is 0 Å². The molecule has 0 fully saturated rings. The molecule has 3 N–H and O–H groups in total. The van der Waals surface area contributed by atoms with E-state index in [1.54, 1.807) is 18.2 Å². The zero-order valence-electron chi connectivity index (χ0n) is 9.18. The fourth-order valence-electron chi connectivity index (χ4n) is 2.17. The van der Waals surface area contributed by atoms with E-state index < -0.39 is 15.1 Å². The fraction of sp³-hybridized carbons (Fsp3) is 0.455. The second-order valence-electron chi connectivity index (χ2n) is 4.09. The number of fused-ring (bicyclic) bond motifs is 1. The summed E-state index contributed by atoms with van der Waals surface area (Å²) < 4.78 is 24.6. The predicted octanol–water partition coefficient (Wildman–Crippen LogP) is 0.992. The van der Waals surface area contributed by atoms with Crippen molar-refractivity contribution in [2.75, 3.05) is 11.9 Å². The molecule has 1 aliphatic rings. The molecule has 1 heterocycles. The van der Waals surface area contributed by atoms with Gasteiger partial charge in [0.15, 0.2) is 9.84 Å². The second-order valence-corrected chi connectivity index (χ2v) is 6.23. The molecule has 2 atom stereocenters. The van der Waals surface area contributed by atoms with Gasteiger partial charge in [-0.15, -0.1) is 0 Å². The number of rotatable bonds is 2. The van der Waals surface area contributed by atoms with Gasteiger partial charge in [-0.25, -0.2) is 8.42 Å². The smallest absolute Gasteiger partial charge is 0.185 e. The van der Waals surface area contributed by atoms with Gasteiger partial charge in [-0.1, -0.05) is 12.1 Å². The topological polar surface area (TPSA) is 72.2 Å². The Balaban J connectivity index is 2.52. The summed E-state index contributed by atoms with van der Waals surface area (Å²) in [5.41, 5.74) is 6.17. The SMILES string of the molecule is CC1Nc2ccccc2S(=O)(=O)C1CCN. The lowest BCUT2D eigenvalue weighted by Crippen LogP contribution is -2.42. The molecule has 1 aliphatic heterocycles. The van der Waals surface area contributed by atoms with E-state index in [2.05, 4.69) is 5.32 Å². The number of benzene rings is 1. The van der Waals surface area contributed by atoms with E-state index in [1.165, 1.54) is 0 Å². The van der Waals surface area contributed by atoms with Crippen LogP contribution in [0.4, 0.5) is 5.69 Å². The van der Waals surface area contributed by atoms with Gasteiger partial charge in [0.25, 0.3) is 0 Å². The Morgan fingerprint density at radius 2 is 2.06 bits per heavy atom. The van der Waals surface area contributed by atoms with Crippen LogP contribution in [0, 0.1) is 0 Å². The Kier molecular flexibility index (Phi) is 2.90. The molecule has 0 bridgehead atoms. The first-order chi connectivity index (χ1) is 7.57. The lowest BCUT2D eigenvalue weighted by Gasteiger charge is -2.31. The summed E-state index contributed by atoms with van der Waals surface area (Å²) in [6.07, 6.45) is 0.491. The minimum absolute atomic E-state index is 0.0940. The maximum absolute atomic E-state index is 12.3. The molecule has 0 saturated carbocycles. The molecule has 1 aromatic carbocycles. The van der Waals surface area contributed by atoms with Gasteiger partial charge in [0.1, 0.15) is 0 Å². The third kappa shape index (κ3) is 1.70. The Morgan fingerprint density at radius 3 is 2.75 bits per heavy atom. The molecule has 0 aliphatic carbocycles. The molecule has 0 saturated heterocycles. The minimum Gasteiger partial charge on any atom is -0.380 e. The van der Waals surface area contributed by atoms with Crippen molar-refractivity contribution in [2.24, 2.45) is 5.73 Å². The lowest BCUT2D eigenvalue weighted by molar-refractivity contribution is 0.548. The first kappa shape index (κ1) is 11.4. The highest BCUT2D eigenvalue weighted by atomic mass is 32.2. The number of hydrogen-bond acceptors (Lipinski definition) is 4. The summed E-state index contributed by atoms with van der Waals surface area (Å²) in [6.45, 7) is 2.27. The summed E-state index contributed by atoms with van der Waals surface area (Å²) in [7, 11) is -3.24. The highest BCUT2D eigenvalue weighted by Crippen LogP contribution is 2.33. The highest BCUT2D eigenvalue weighted by molar-refractivity contribution is 7.92. The molecule has 4 nitrogen and oxygen atoms in total. The number of hydrogen-bond donors (Lipinski definition) is 2. The Bertz CT molecular complexity index is 485. The number of nitrogens with two attached hydrogens (primary N) is 1. The van der Waals surface area contributed by atoms with Crippen molar-refractivity contribution >= 4 is 15.5 Å². The summed E-state index contributed by atoms with van der Waals surface area (Å²) in [4.78, 5) is 0.395. The molecule has 0 amide bonds. The summed E-state index contributed by atoms with van der Waals surface area (Å²) in [6, 6.07) is 6.92. The largest absolute Gasteiger partial charge is 0.380 e. The van der Waals surface area contributed by atoms with Crippen molar-refractivity contribution in [2.45, 2.75) is 29.5 Å². The molecular weight excluding hydrogens is 224 g/mol. The van der Waals surface area contributed by atoms with Crippen molar-refractivity contribution in [1.29, 1.82) is 0 Å². The van der Waals surface area contributed by atoms with Gasteiger partial charge >= 0.3 is 0 Å². The minimum atomic E-state index is -3.24. The van der Waals surface area contributed by atoms with E-state index in [-0.39, 0.29) is 6.04 Å². The van der Waals surface area contributed by atoms with Gasteiger partial charge in [0.05, 0.1) is 15.8 Å². The van der Waals surface area contributed by atoms with E-state index in [0.717, 1.165) is 0 Å². The number of sulfone groups is 1. The van der Waals surface area contributed by atoms with E-state index in [1.807, 2.05) is 13.0 Å². The summed E-state index contributed by atoms with van der Waals surface area (Å²) >= 11 is 0. The molecule has 2 unspecified atom stereocenters. The standard InChI is InChI=1S/C11H16N2O2S/c1-8-10(6-7-12)16(14,15)11-5-3-2-4-9(11)13-8/h2-5,8,10,13H,6-7,12H2,1H3. The van der Waals surface area contributed by atoms with Crippen molar-refractivity contribution in [3.63, 3.8) is 0 Å². The van der Waals surface area contributed by atoms with Crippen LogP contribution in [0.15, 0.2) is 29.2 Å². The monoisotopic (exact) mass is 240 g/mol. The summed E-state index contributed by atoms with van der Waals surface area (Å²) in [5.74, 6) is 0. The Morgan fingerprint density at radius 1 is 1.38 bits per heavy atom. The third-order valence-electron chi connectivity index (χ3n) is 2.98. The molecule has 5 heteroatoms. The zero-order valence-corrected chi connectivity index (χ0v) is 10.00. The Labute approximate surface area is 95.8 Å². The van der Waals surface area contributed by atoms with Crippen molar-refractivity contribution in [1.82, 2.24) is 0 Å². The van der Waals surface area contributed by atoms with E-state index in [9.17, 15) is 8.42 Å². The molecular formula is C11H16N2O2S. The van der Waals surface area contributed by atoms with Crippen LogP contribution in [0.2, 0.25) is 0 Å². The van der Waals surface area contributed by atoms with Crippen LogP contribution in [-0.2, 0) is 9.84 Å². The maximum atomic E-state index is 12.3. The first-order valence-electron chi connectivity index (χ1n) is 5.37. The third-order valence-corrected chi connectivity index (χ3v) is 5.39.